The van der Waals surface area contributed by atoms with E-state index in [2.05, 4.69) is 45.0 Å². The second kappa shape index (κ2) is 4.12. The third-order valence-corrected chi connectivity index (χ3v) is 4.60. The molecule has 0 aromatic heterocycles. The first-order chi connectivity index (χ1) is 5.61. The summed E-state index contributed by atoms with van der Waals surface area (Å²) < 4.78 is 0.811. The van der Waals surface area contributed by atoms with Crippen molar-refractivity contribution in [2.75, 3.05) is 0 Å². The first-order valence-electron chi connectivity index (χ1n) is 4.68. The lowest BCUT2D eigenvalue weighted by molar-refractivity contribution is 0.623. The van der Waals surface area contributed by atoms with Crippen LogP contribution >= 0.6 is 0 Å². The molecule has 0 aliphatic heterocycles. The number of hydrogen-bond donors (Lipinski definition) is 0. The molecule has 1 aromatic carbocycles. The molecule has 0 saturated carbocycles. The Labute approximate surface area is 83.4 Å². The molecule has 0 saturated heterocycles. The fraction of sp³-hybridized carbons (Fsp3) is 0.455. The van der Waals surface area contributed by atoms with Gasteiger partial charge in [-0.05, 0) is 6.92 Å². The predicted octanol–water partition coefficient (Wildman–Crippen LogP) is 2.33. The van der Waals surface area contributed by atoms with Crippen LogP contribution in [0.5, 0.6) is 0 Å². The Balaban J connectivity index is 2.82. The number of benzene rings is 1. The van der Waals surface area contributed by atoms with E-state index in [0.717, 1.165) is 10.7 Å². The van der Waals surface area contributed by atoms with Gasteiger partial charge in [-0.2, -0.15) is 0 Å². The van der Waals surface area contributed by atoms with Crippen LogP contribution in [0.4, 0.5) is 0 Å². The van der Waals surface area contributed by atoms with Gasteiger partial charge in [0, 0.05) is 0 Å². The zero-order valence-electron chi connectivity index (χ0n) is 8.46. The average Bonchev–Trinajstić information content (AvgIpc) is 2.04. The summed E-state index contributed by atoms with van der Waals surface area (Å²) in [7, 11) is 0. The first-order valence-corrected chi connectivity index (χ1v) is 5.83. The fourth-order valence-electron chi connectivity index (χ4n) is 1.25. The SMILES string of the molecule is Cc1ccc([CH]([AlH2])C(C)C)cc1. The van der Waals surface area contributed by atoms with E-state index in [1.54, 1.807) is 0 Å². The standard InChI is InChI=1S/C11H15.Al.2H/c1-9(2)8-11-6-4-10(3)5-7-11;;;/h4-9H,1-3H3;;;. The molecule has 12 heavy (non-hydrogen) atoms. The van der Waals surface area contributed by atoms with Gasteiger partial charge in [0.25, 0.3) is 0 Å². The molecular formula is C11H17Al. The minimum absolute atomic E-state index is 0.791. The minimum atomic E-state index is 0.791. The zero-order chi connectivity index (χ0) is 9.14. The molecule has 0 nitrogen and oxygen atoms in total. The molecule has 1 heteroatoms. The summed E-state index contributed by atoms with van der Waals surface area (Å²) >= 11 is 1.26. The van der Waals surface area contributed by atoms with Gasteiger partial charge < -0.3 is 0 Å². The van der Waals surface area contributed by atoms with Crippen molar-refractivity contribution in [2.24, 2.45) is 5.92 Å². The number of rotatable bonds is 2. The van der Waals surface area contributed by atoms with E-state index in [1.165, 1.54) is 27.4 Å². The molecule has 0 N–H and O–H groups in total. The van der Waals surface area contributed by atoms with Gasteiger partial charge in [-0.3, -0.25) is 0 Å². The molecule has 0 fully saturated rings. The Morgan fingerprint density at radius 1 is 1.08 bits per heavy atom. The molecule has 1 rings (SSSR count). The largest absolute Gasteiger partial charge is 0.223 e. The van der Waals surface area contributed by atoms with Gasteiger partial charge in [0.05, 0.1) is 0 Å². The maximum Gasteiger partial charge on any atom is 0.223 e. The quantitative estimate of drug-likeness (QED) is 0.607. The fourth-order valence-corrected chi connectivity index (χ4v) is 1.64. The lowest BCUT2D eigenvalue weighted by Gasteiger charge is -2.15. The highest BCUT2D eigenvalue weighted by atomic mass is 27.0. The van der Waals surface area contributed by atoms with Crippen LogP contribution in [0.15, 0.2) is 24.3 Å². The topological polar surface area (TPSA) is 0 Å². The summed E-state index contributed by atoms with van der Waals surface area (Å²) in [4.78, 5) is 0. The summed E-state index contributed by atoms with van der Waals surface area (Å²) in [5, 5.41) is 0. The van der Waals surface area contributed by atoms with Crippen molar-refractivity contribution in [1.82, 2.24) is 0 Å². The maximum atomic E-state index is 2.30. The number of hydrogen-bond acceptors (Lipinski definition) is 0. The van der Waals surface area contributed by atoms with Crippen LogP contribution in [-0.4, -0.2) is 16.3 Å². The summed E-state index contributed by atoms with van der Waals surface area (Å²) in [6, 6.07) is 8.96. The summed E-state index contributed by atoms with van der Waals surface area (Å²) in [6.07, 6.45) is 0. The highest BCUT2D eigenvalue weighted by Crippen LogP contribution is 2.20. The zero-order valence-corrected chi connectivity index (χ0v) is 10.5. The summed E-state index contributed by atoms with van der Waals surface area (Å²) in [6.45, 7) is 6.75. The van der Waals surface area contributed by atoms with Crippen LogP contribution in [0, 0.1) is 12.8 Å². The average molecular weight is 176 g/mol. The first kappa shape index (κ1) is 9.84. The van der Waals surface area contributed by atoms with Crippen LogP contribution in [-0.2, 0) is 0 Å². The monoisotopic (exact) mass is 176 g/mol. The second-order valence-corrected chi connectivity index (χ2v) is 5.19. The van der Waals surface area contributed by atoms with E-state index < -0.39 is 0 Å². The Hall–Kier alpha value is -0.248. The second-order valence-electron chi connectivity index (χ2n) is 3.94. The van der Waals surface area contributed by atoms with Crippen LogP contribution in [0.25, 0.3) is 0 Å². The molecule has 0 spiro atoms. The van der Waals surface area contributed by atoms with E-state index in [9.17, 15) is 0 Å². The summed E-state index contributed by atoms with van der Waals surface area (Å²) in [5.41, 5.74) is 2.87. The molecule has 1 unspecified atom stereocenters. The Kier molecular flexibility index (Phi) is 3.38. The molecule has 0 bridgehead atoms. The minimum Gasteiger partial charge on any atom is -0.0648 e. The normalized spacial score (nSPS) is 13.3. The summed E-state index contributed by atoms with van der Waals surface area (Å²) in [5.74, 6) is 0.791. The van der Waals surface area contributed by atoms with E-state index in [4.69, 9.17) is 0 Å². The van der Waals surface area contributed by atoms with Gasteiger partial charge in [0.15, 0.2) is 0 Å². The van der Waals surface area contributed by atoms with Crippen LogP contribution in [0.2, 0.25) is 0 Å². The van der Waals surface area contributed by atoms with Crippen molar-refractivity contribution < 1.29 is 0 Å². The Bertz CT molecular complexity index is 236. The lowest BCUT2D eigenvalue weighted by atomic mass is 10.0. The van der Waals surface area contributed by atoms with Crippen LogP contribution < -0.4 is 0 Å². The van der Waals surface area contributed by atoms with Gasteiger partial charge in [0.1, 0.15) is 0 Å². The predicted molar refractivity (Wildman–Crippen MR) is 57.3 cm³/mol. The maximum absolute atomic E-state index is 2.30. The molecule has 0 aliphatic rings. The van der Waals surface area contributed by atoms with Crippen molar-refractivity contribution in [2.45, 2.75) is 25.6 Å². The lowest BCUT2D eigenvalue weighted by Crippen LogP contribution is -2.05. The van der Waals surface area contributed by atoms with Gasteiger partial charge in [-0.15, -0.1) is 0 Å². The molecule has 0 amide bonds. The Morgan fingerprint density at radius 3 is 2.00 bits per heavy atom. The van der Waals surface area contributed by atoms with Gasteiger partial charge in [-0.1, -0.05) is 59.9 Å². The van der Waals surface area contributed by atoms with Gasteiger partial charge >= 0.3 is 0 Å². The van der Waals surface area contributed by atoms with Crippen molar-refractivity contribution in [3.05, 3.63) is 35.4 Å². The third kappa shape index (κ3) is 2.37. The third-order valence-electron chi connectivity index (χ3n) is 2.60. The molecule has 1 atom stereocenters. The highest BCUT2D eigenvalue weighted by molar-refractivity contribution is 6.12. The van der Waals surface area contributed by atoms with Crippen LogP contribution in [0.1, 0.15) is 29.8 Å². The van der Waals surface area contributed by atoms with Gasteiger partial charge in [0.2, 0.25) is 16.3 Å². The van der Waals surface area contributed by atoms with E-state index in [-0.39, 0.29) is 0 Å². The molecule has 64 valence electrons. The van der Waals surface area contributed by atoms with Crippen LogP contribution in [0.3, 0.4) is 0 Å². The van der Waals surface area contributed by atoms with Crippen molar-refractivity contribution >= 4 is 16.3 Å². The van der Waals surface area contributed by atoms with E-state index in [1.807, 2.05) is 0 Å². The molecule has 0 aliphatic carbocycles. The smallest absolute Gasteiger partial charge is 0.0648 e. The van der Waals surface area contributed by atoms with E-state index in [0.29, 0.717) is 0 Å². The van der Waals surface area contributed by atoms with Crippen molar-refractivity contribution in [3.63, 3.8) is 0 Å². The molecular weight excluding hydrogens is 159 g/mol. The molecule has 1 aromatic rings. The van der Waals surface area contributed by atoms with Crippen molar-refractivity contribution in [1.29, 1.82) is 0 Å². The molecule has 0 heterocycles. The van der Waals surface area contributed by atoms with Crippen molar-refractivity contribution in [3.8, 4) is 0 Å². The highest BCUT2D eigenvalue weighted by Gasteiger charge is 2.08. The Morgan fingerprint density at radius 2 is 1.58 bits per heavy atom. The number of aryl methyl sites for hydroxylation is 1. The van der Waals surface area contributed by atoms with Gasteiger partial charge in [-0.25, -0.2) is 0 Å². The molecule has 0 radical (unpaired) electrons. The van der Waals surface area contributed by atoms with E-state index >= 15 is 0 Å².